The monoisotopic (exact) mass is 262 g/mol. The molecule has 0 aliphatic heterocycles. The lowest BCUT2D eigenvalue weighted by Gasteiger charge is -2.24. The van der Waals surface area contributed by atoms with Crippen molar-refractivity contribution in [2.45, 2.75) is 31.8 Å². The van der Waals surface area contributed by atoms with Gasteiger partial charge in [-0.1, -0.05) is 24.3 Å². The maximum absolute atomic E-state index is 11.9. The first kappa shape index (κ1) is 13.4. The van der Waals surface area contributed by atoms with Crippen molar-refractivity contribution in [3.8, 4) is 0 Å². The lowest BCUT2D eigenvalue weighted by molar-refractivity contribution is -0.141. The van der Waals surface area contributed by atoms with Crippen molar-refractivity contribution in [2.75, 3.05) is 7.05 Å². The van der Waals surface area contributed by atoms with Crippen LogP contribution in [0.25, 0.3) is 0 Å². The number of carbonyl (C=O) groups excluding carboxylic acids is 1. The molecule has 2 rings (SSSR count). The number of nitrogens with one attached hydrogen (secondary N) is 1. The number of benzene rings is 1. The summed E-state index contributed by atoms with van der Waals surface area (Å²) in [5, 5.41) is 11.8. The predicted molar refractivity (Wildman–Crippen MR) is 71.0 cm³/mol. The van der Waals surface area contributed by atoms with E-state index in [1.165, 1.54) is 30.0 Å². The summed E-state index contributed by atoms with van der Waals surface area (Å²) in [5.74, 6) is -1.01. The van der Waals surface area contributed by atoms with Crippen LogP contribution < -0.4 is 5.32 Å². The van der Waals surface area contributed by atoms with Crippen molar-refractivity contribution < 1.29 is 14.7 Å². The Morgan fingerprint density at radius 3 is 2.32 bits per heavy atom. The average molecular weight is 262 g/mol. The van der Waals surface area contributed by atoms with Gasteiger partial charge in [0.2, 0.25) is 0 Å². The molecule has 0 radical (unpaired) electrons. The van der Waals surface area contributed by atoms with Crippen LogP contribution in [-0.2, 0) is 17.6 Å². The van der Waals surface area contributed by atoms with Crippen LogP contribution in [0.4, 0.5) is 4.79 Å². The number of hydrogen-bond acceptors (Lipinski definition) is 2. The second-order valence-corrected chi connectivity index (χ2v) is 4.95. The normalized spacial score (nSPS) is 15.7. The minimum Gasteiger partial charge on any atom is -0.480 e. The minimum absolute atomic E-state index is 0.0494. The number of carboxylic acids is 1. The number of likely N-dealkylation sites (N-methyl/N-ethyl adjacent to an activating group) is 1. The molecule has 2 N–H and O–H groups in total. The summed E-state index contributed by atoms with van der Waals surface area (Å²) in [5.41, 5.74) is 2.50. The number of nitrogens with zero attached hydrogens (tertiary/aromatic N) is 1. The van der Waals surface area contributed by atoms with Gasteiger partial charge in [-0.25, -0.2) is 9.59 Å². The van der Waals surface area contributed by atoms with Crippen molar-refractivity contribution in [3.05, 3.63) is 35.4 Å². The predicted octanol–water partition coefficient (Wildman–Crippen LogP) is 1.27. The molecule has 1 aliphatic rings. The zero-order chi connectivity index (χ0) is 14.0. The third kappa shape index (κ3) is 2.86. The first-order valence-electron chi connectivity index (χ1n) is 6.32. The smallest absolute Gasteiger partial charge is 0.326 e. The lowest BCUT2D eigenvalue weighted by Crippen LogP contribution is -2.49. The third-order valence-electron chi connectivity index (χ3n) is 3.64. The number of aliphatic carboxylic acids is 1. The van der Waals surface area contributed by atoms with Gasteiger partial charge in [-0.3, -0.25) is 0 Å². The Kier molecular flexibility index (Phi) is 3.74. The van der Waals surface area contributed by atoms with Gasteiger partial charge in [-0.05, 0) is 30.9 Å². The van der Waals surface area contributed by atoms with E-state index in [0.29, 0.717) is 0 Å². The van der Waals surface area contributed by atoms with E-state index < -0.39 is 12.0 Å². The summed E-state index contributed by atoms with van der Waals surface area (Å²) in [6.45, 7) is 1.49. The molecule has 1 aromatic carbocycles. The van der Waals surface area contributed by atoms with E-state index in [1.807, 2.05) is 12.1 Å². The van der Waals surface area contributed by atoms with Crippen molar-refractivity contribution in [2.24, 2.45) is 0 Å². The van der Waals surface area contributed by atoms with Gasteiger partial charge >= 0.3 is 12.0 Å². The summed E-state index contributed by atoms with van der Waals surface area (Å²) >= 11 is 0. The van der Waals surface area contributed by atoms with Gasteiger partial charge in [0.1, 0.15) is 6.04 Å². The highest BCUT2D eigenvalue weighted by Gasteiger charge is 2.26. The van der Waals surface area contributed by atoms with Crippen molar-refractivity contribution in [1.82, 2.24) is 10.2 Å². The molecular weight excluding hydrogens is 244 g/mol. The van der Waals surface area contributed by atoms with Crippen molar-refractivity contribution in [3.63, 3.8) is 0 Å². The topological polar surface area (TPSA) is 69.6 Å². The molecule has 0 saturated carbocycles. The largest absolute Gasteiger partial charge is 0.480 e. The van der Waals surface area contributed by atoms with Crippen LogP contribution in [0.2, 0.25) is 0 Å². The number of rotatable bonds is 3. The lowest BCUT2D eigenvalue weighted by atomic mass is 10.1. The Morgan fingerprint density at radius 1 is 1.32 bits per heavy atom. The number of hydrogen-bond donors (Lipinski definition) is 2. The Morgan fingerprint density at radius 2 is 1.84 bits per heavy atom. The molecule has 0 fully saturated rings. The van der Waals surface area contributed by atoms with Crippen LogP contribution in [-0.4, -0.2) is 41.1 Å². The summed E-state index contributed by atoms with van der Waals surface area (Å²) in [7, 11) is 1.50. The SMILES string of the molecule is CC(C(=O)O)N(C)C(=O)NC1Cc2ccccc2C1. The highest BCUT2D eigenvalue weighted by molar-refractivity contribution is 5.82. The molecule has 0 bridgehead atoms. The zero-order valence-corrected chi connectivity index (χ0v) is 11.1. The van der Waals surface area contributed by atoms with E-state index in [4.69, 9.17) is 5.11 Å². The fourth-order valence-corrected chi connectivity index (χ4v) is 2.28. The van der Waals surface area contributed by atoms with Gasteiger partial charge in [-0.2, -0.15) is 0 Å². The summed E-state index contributed by atoms with van der Waals surface area (Å²) in [6, 6.07) is 6.98. The maximum atomic E-state index is 11.9. The highest BCUT2D eigenvalue weighted by atomic mass is 16.4. The molecule has 2 amide bonds. The standard InChI is InChI=1S/C14H18N2O3/c1-9(13(17)18)16(2)14(19)15-12-7-10-5-3-4-6-11(10)8-12/h3-6,9,12H,7-8H2,1-2H3,(H,15,19)(H,17,18). The zero-order valence-electron chi connectivity index (χ0n) is 11.1. The van der Waals surface area contributed by atoms with Gasteiger partial charge < -0.3 is 15.3 Å². The van der Waals surface area contributed by atoms with Crippen LogP contribution in [0, 0.1) is 0 Å². The number of carboxylic acid groups (broad SMARTS) is 1. The Balaban J connectivity index is 1.93. The average Bonchev–Trinajstić information content (AvgIpc) is 2.78. The van der Waals surface area contributed by atoms with Gasteiger partial charge in [0.15, 0.2) is 0 Å². The molecule has 0 saturated heterocycles. The molecule has 5 nitrogen and oxygen atoms in total. The van der Waals surface area contributed by atoms with Crippen LogP contribution in [0.3, 0.4) is 0 Å². The highest BCUT2D eigenvalue weighted by Crippen LogP contribution is 2.21. The van der Waals surface area contributed by atoms with Crippen LogP contribution >= 0.6 is 0 Å². The van der Waals surface area contributed by atoms with E-state index in [2.05, 4.69) is 17.4 Å². The fraction of sp³-hybridized carbons (Fsp3) is 0.429. The molecule has 1 atom stereocenters. The summed E-state index contributed by atoms with van der Waals surface area (Å²) in [4.78, 5) is 24.0. The van der Waals surface area contributed by atoms with Crippen molar-refractivity contribution in [1.29, 1.82) is 0 Å². The minimum atomic E-state index is -1.01. The summed E-state index contributed by atoms with van der Waals surface area (Å²) in [6.07, 6.45) is 1.61. The number of urea groups is 1. The summed E-state index contributed by atoms with van der Waals surface area (Å²) < 4.78 is 0. The molecule has 0 spiro atoms. The second-order valence-electron chi connectivity index (χ2n) is 4.95. The van der Waals surface area contributed by atoms with Crippen LogP contribution in [0.15, 0.2) is 24.3 Å². The molecule has 1 aromatic rings. The Labute approximate surface area is 112 Å². The maximum Gasteiger partial charge on any atom is 0.326 e. The Bertz CT molecular complexity index is 476. The number of carbonyl (C=O) groups is 2. The number of amides is 2. The molecule has 1 aliphatic carbocycles. The molecule has 5 heteroatoms. The van der Waals surface area contributed by atoms with Crippen molar-refractivity contribution >= 4 is 12.0 Å². The Hall–Kier alpha value is -2.04. The quantitative estimate of drug-likeness (QED) is 0.861. The van der Waals surface area contributed by atoms with Crippen LogP contribution in [0.5, 0.6) is 0 Å². The van der Waals surface area contributed by atoms with Gasteiger partial charge in [-0.15, -0.1) is 0 Å². The van der Waals surface area contributed by atoms with Gasteiger partial charge in [0.05, 0.1) is 0 Å². The number of fused-ring (bicyclic) bond motifs is 1. The van der Waals surface area contributed by atoms with E-state index >= 15 is 0 Å². The van der Waals surface area contributed by atoms with Crippen LogP contribution in [0.1, 0.15) is 18.1 Å². The van der Waals surface area contributed by atoms with E-state index in [-0.39, 0.29) is 12.1 Å². The molecule has 19 heavy (non-hydrogen) atoms. The van der Waals surface area contributed by atoms with E-state index in [1.54, 1.807) is 0 Å². The molecular formula is C14H18N2O3. The van der Waals surface area contributed by atoms with E-state index in [9.17, 15) is 9.59 Å². The van der Waals surface area contributed by atoms with Gasteiger partial charge in [0.25, 0.3) is 0 Å². The molecule has 0 aromatic heterocycles. The second kappa shape index (κ2) is 5.30. The van der Waals surface area contributed by atoms with E-state index in [0.717, 1.165) is 12.8 Å². The fourth-order valence-electron chi connectivity index (χ4n) is 2.28. The molecule has 0 heterocycles. The molecule has 102 valence electrons. The first-order valence-corrected chi connectivity index (χ1v) is 6.32. The third-order valence-corrected chi connectivity index (χ3v) is 3.64. The van der Waals surface area contributed by atoms with Gasteiger partial charge in [0, 0.05) is 13.1 Å². The first-order chi connectivity index (χ1) is 8.99. The molecule has 1 unspecified atom stereocenters.